The zero-order valence-corrected chi connectivity index (χ0v) is 19.4. The molecule has 0 saturated carbocycles. The molecule has 0 bridgehead atoms. The second-order valence-electron chi connectivity index (χ2n) is 8.29. The van der Waals surface area contributed by atoms with E-state index in [4.69, 9.17) is 4.84 Å². The summed E-state index contributed by atoms with van der Waals surface area (Å²) in [5.41, 5.74) is 5.51. The summed E-state index contributed by atoms with van der Waals surface area (Å²) in [6.07, 6.45) is 0. The molecule has 0 fully saturated rings. The first-order valence-electron chi connectivity index (χ1n) is 10.8. The second-order valence-corrected chi connectivity index (χ2v) is 10.2. The standard InChI is InChI=1S/C26H25N3O3S/c1-19-12-14-21(15-13-19)33(30,31)29-16-23-22-10-6-7-11-25(22)28(2)26(23)24(17-29)27-32-18-20-8-4-3-5-9-20/h3-15H,16-18H2,1-2H3/b27-24+. The molecule has 168 valence electrons. The fourth-order valence-corrected chi connectivity index (χ4v) is 5.70. The van der Waals surface area contributed by atoms with Crippen LogP contribution in [-0.2, 0) is 35.1 Å². The van der Waals surface area contributed by atoms with Crippen LogP contribution in [0.4, 0.5) is 0 Å². The molecule has 0 atom stereocenters. The van der Waals surface area contributed by atoms with E-state index in [1.165, 1.54) is 4.31 Å². The van der Waals surface area contributed by atoms with E-state index in [2.05, 4.69) is 9.72 Å². The smallest absolute Gasteiger partial charge is 0.243 e. The van der Waals surface area contributed by atoms with Gasteiger partial charge in [0.25, 0.3) is 0 Å². The Balaban J connectivity index is 1.56. The van der Waals surface area contributed by atoms with Gasteiger partial charge in [-0.25, -0.2) is 8.42 Å². The molecule has 0 saturated heterocycles. The molecule has 0 amide bonds. The van der Waals surface area contributed by atoms with E-state index in [-0.39, 0.29) is 18.0 Å². The average molecular weight is 460 g/mol. The first-order valence-corrected chi connectivity index (χ1v) is 12.3. The summed E-state index contributed by atoms with van der Waals surface area (Å²) < 4.78 is 30.6. The largest absolute Gasteiger partial charge is 0.391 e. The minimum absolute atomic E-state index is 0.141. The third kappa shape index (κ3) is 3.94. The maximum Gasteiger partial charge on any atom is 0.243 e. The summed E-state index contributed by atoms with van der Waals surface area (Å²) >= 11 is 0. The van der Waals surface area contributed by atoms with Crippen molar-refractivity contribution in [3.05, 3.63) is 101 Å². The van der Waals surface area contributed by atoms with Gasteiger partial charge in [0.15, 0.2) is 0 Å². The van der Waals surface area contributed by atoms with Crippen LogP contribution in [0.25, 0.3) is 10.9 Å². The Labute approximate surface area is 193 Å². The van der Waals surface area contributed by atoms with Gasteiger partial charge in [0.1, 0.15) is 12.3 Å². The Morgan fingerprint density at radius 2 is 1.61 bits per heavy atom. The average Bonchev–Trinajstić information content (AvgIpc) is 3.12. The highest BCUT2D eigenvalue weighted by atomic mass is 32.2. The summed E-state index contributed by atoms with van der Waals surface area (Å²) in [4.78, 5) is 5.98. The van der Waals surface area contributed by atoms with Gasteiger partial charge < -0.3 is 9.40 Å². The third-order valence-electron chi connectivity index (χ3n) is 6.05. The maximum atomic E-state index is 13.5. The number of sulfonamides is 1. The monoisotopic (exact) mass is 459 g/mol. The Morgan fingerprint density at radius 3 is 2.36 bits per heavy atom. The zero-order valence-electron chi connectivity index (χ0n) is 18.6. The Morgan fingerprint density at radius 1 is 0.909 bits per heavy atom. The lowest BCUT2D eigenvalue weighted by atomic mass is 10.0. The molecule has 4 aromatic rings. The highest BCUT2D eigenvalue weighted by molar-refractivity contribution is 7.89. The molecule has 6 nitrogen and oxygen atoms in total. The van der Waals surface area contributed by atoms with E-state index in [0.29, 0.717) is 12.3 Å². The molecule has 0 spiro atoms. The molecule has 1 aliphatic heterocycles. The molecular weight excluding hydrogens is 434 g/mol. The maximum absolute atomic E-state index is 13.5. The molecule has 0 aliphatic carbocycles. The molecule has 0 radical (unpaired) electrons. The van der Waals surface area contributed by atoms with Gasteiger partial charge in [0.2, 0.25) is 10.0 Å². The van der Waals surface area contributed by atoms with Crippen molar-refractivity contribution >= 4 is 26.6 Å². The lowest BCUT2D eigenvalue weighted by molar-refractivity contribution is 0.129. The van der Waals surface area contributed by atoms with Crippen molar-refractivity contribution in [1.29, 1.82) is 0 Å². The molecule has 5 rings (SSSR count). The number of fused-ring (bicyclic) bond motifs is 3. The Kier molecular flexibility index (Phi) is 5.52. The number of aromatic nitrogens is 1. The fraction of sp³-hybridized carbons (Fsp3) is 0.192. The number of hydrogen-bond donors (Lipinski definition) is 0. The summed E-state index contributed by atoms with van der Waals surface area (Å²) in [6, 6.07) is 24.8. The first kappa shape index (κ1) is 21.4. The number of rotatable bonds is 5. The van der Waals surface area contributed by atoms with Crippen LogP contribution in [0.15, 0.2) is 88.9 Å². The van der Waals surface area contributed by atoms with Crippen LogP contribution >= 0.6 is 0 Å². The van der Waals surface area contributed by atoms with Crippen LogP contribution in [-0.4, -0.2) is 29.5 Å². The quantitative estimate of drug-likeness (QED) is 0.410. The predicted octanol–water partition coefficient (Wildman–Crippen LogP) is 4.61. The number of oxime groups is 1. The van der Waals surface area contributed by atoms with Crippen molar-refractivity contribution in [3.8, 4) is 0 Å². The highest BCUT2D eigenvalue weighted by Crippen LogP contribution is 2.33. The molecule has 2 heterocycles. The van der Waals surface area contributed by atoms with Crippen molar-refractivity contribution in [3.63, 3.8) is 0 Å². The van der Waals surface area contributed by atoms with Gasteiger partial charge in [0.05, 0.1) is 17.1 Å². The van der Waals surface area contributed by atoms with E-state index in [0.717, 1.165) is 33.3 Å². The van der Waals surface area contributed by atoms with Crippen LogP contribution < -0.4 is 0 Å². The van der Waals surface area contributed by atoms with Crippen molar-refractivity contribution in [1.82, 2.24) is 8.87 Å². The van der Waals surface area contributed by atoms with Gasteiger partial charge in [-0.2, -0.15) is 4.31 Å². The second kappa shape index (κ2) is 8.50. The van der Waals surface area contributed by atoms with E-state index in [1.807, 2.05) is 80.7 Å². The third-order valence-corrected chi connectivity index (χ3v) is 7.86. The van der Waals surface area contributed by atoms with Crippen molar-refractivity contribution in [2.24, 2.45) is 12.2 Å². The molecule has 1 aromatic heterocycles. The van der Waals surface area contributed by atoms with E-state index in [9.17, 15) is 8.42 Å². The SMILES string of the molecule is Cc1ccc(S(=O)(=O)N2C/C(=N\OCc3ccccc3)c3c(c4ccccc4n3C)C2)cc1. The van der Waals surface area contributed by atoms with Gasteiger partial charge in [0, 0.05) is 30.1 Å². The minimum atomic E-state index is -3.70. The van der Waals surface area contributed by atoms with E-state index < -0.39 is 10.0 Å². The zero-order chi connectivity index (χ0) is 23.0. The fourth-order valence-electron chi connectivity index (χ4n) is 4.33. The predicted molar refractivity (Wildman–Crippen MR) is 129 cm³/mol. The normalized spacial score (nSPS) is 15.6. The van der Waals surface area contributed by atoms with Crippen LogP contribution in [0.2, 0.25) is 0 Å². The molecule has 1 aliphatic rings. The van der Waals surface area contributed by atoms with Gasteiger partial charge in [-0.15, -0.1) is 0 Å². The van der Waals surface area contributed by atoms with Crippen LogP contribution in [0.1, 0.15) is 22.4 Å². The number of para-hydroxylation sites is 1. The van der Waals surface area contributed by atoms with Crippen molar-refractivity contribution in [2.75, 3.05) is 6.54 Å². The molecule has 3 aromatic carbocycles. The Hall–Kier alpha value is -3.42. The molecule has 7 heteroatoms. The lowest BCUT2D eigenvalue weighted by Crippen LogP contribution is -2.40. The van der Waals surface area contributed by atoms with Crippen molar-refractivity contribution < 1.29 is 13.3 Å². The van der Waals surface area contributed by atoms with Gasteiger partial charge >= 0.3 is 0 Å². The number of benzene rings is 3. The molecule has 0 unspecified atom stereocenters. The van der Waals surface area contributed by atoms with Crippen molar-refractivity contribution in [2.45, 2.75) is 25.0 Å². The Bertz CT molecular complexity index is 1440. The first-order chi connectivity index (χ1) is 15.9. The lowest BCUT2D eigenvalue weighted by Gasteiger charge is -2.28. The molecule has 33 heavy (non-hydrogen) atoms. The minimum Gasteiger partial charge on any atom is -0.391 e. The van der Waals surface area contributed by atoms with E-state index >= 15 is 0 Å². The summed E-state index contributed by atoms with van der Waals surface area (Å²) in [7, 11) is -1.72. The van der Waals surface area contributed by atoms with Crippen LogP contribution in [0, 0.1) is 6.92 Å². The van der Waals surface area contributed by atoms with Crippen LogP contribution in [0.5, 0.6) is 0 Å². The number of nitrogens with zero attached hydrogens (tertiary/aromatic N) is 3. The topological polar surface area (TPSA) is 63.9 Å². The van der Waals surface area contributed by atoms with Gasteiger partial charge in [-0.1, -0.05) is 71.4 Å². The highest BCUT2D eigenvalue weighted by Gasteiger charge is 2.35. The number of hydrogen-bond acceptors (Lipinski definition) is 4. The van der Waals surface area contributed by atoms with E-state index in [1.54, 1.807) is 12.1 Å². The van der Waals surface area contributed by atoms with Gasteiger partial charge in [-0.3, -0.25) is 0 Å². The number of aryl methyl sites for hydroxylation is 2. The summed E-state index contributed by atoms with van der Waals surface area (Å²) in [5.74, 6) is 0. The molecular formula is C26H25N3O3S. The van der Waals surface area contributed by atoms with Crippen LogP contribution in [0.3, 0.4) is 0 Å². The summed E-state index contributed by atoms with van der Waals surface area (Å²) in [6.45, 7) is 2.68. The van der Waals surface area contributed by atoms with Gasteiger partial charge in [-0.05, 0) is 30.7 Å². The molecule has 0 N–H and O–H groups in total. The summed E-state index contributed by atoms with van der Waals surface area (Å²) in [5, 5.41) is 5.46.